The lowest BCUT2D eigenvalue weighted by Gasteiger charge is -2.01. The zero-order chi connectivity index (χ0) is 10.1. The van der Waals surface area contributed by atoms with E-state index in [4.69, 9.17) is 0 Å². The van der Waals surface area contributed by atoms with Crippen molar-refractivity contribution in [2.24, 2.45) is 0 Å². The van der Waals surface area contributed by atoms with Gasteiger partial charge in [-0.1, -0.05) is 31.8 Å². The van der Waals surface area contributed by atoms with Crippen LogP contribution in [0.2, 0.25) is 0 Å². The highest BCUT2D eigenvalue weighted by Gasteiger charge is 1.94. The lowest BCUT2D eigenvalue weighted by molar-refractivity contribution is -0.116. The summed E-state index contributed by atoms with van der Waals surface area (Å²) in [6.07, 6.45) is 6.45. The second kappa shape index (κ2) is 7.84. The Bertz CT molecular complexity index is 169. The average molecular weight is 183 g/mol. The first kappa shape index (κ1) is 12.2. The molecular formula is C11H21NO. The van der Waals surface area contributed by atoms with E-state index in [0.29, 0.717) is 0 Å². The van der Waals surface area contributed by atoms with Gasteiger partial charge in [0.2, 0.25) is 5.91 Å². The van der Waals surface area contributed by atoms with Crippen molar-refractivity contribution in [2.75, 3.05) is 6.54 Å². The van der Waals surface area contributed by atoms with Gasteiger partial charge >= 0.3 is 0 Å². The Labute approximate surface area is 81.4 Å². The van der Waals surface area contributed by atoms with Gasteiger partial charge in [0.1, 0.15) is 0 Å². The van der Waals surface area contributed by atoms with Gasteiger partial charge in [-0.15, -0.1) is 0 Å². The molecule has 0 aromatic carbocycles. The molecule has 0 saturated carbocycles. The van der Waals surface area contributed by atoms with E-state index in [1.54, 1.807) is 6.08 Å². The molecule has 0 bridgehead atoms. The summed E-state index contributed by atoms with van der Waals surface area (Å²) < 4.78 is 0. The van der Waals surface area contributed by atoms with E-state index in [-0.39, 0.29) is 5.91 Å². The molecule has 1 amide bonds. The smallest absolute Gasteiger partial charge is 0.243 e. The maximum absolute atomic E-state index is 11.1. The SMILES string of the molecule is CCCCCCNC(=O)C=C(C)C. The van der Waals surface area contributed by atoms with Gasteiger partial charge in [-0.25, -0.2) is 0 Å². The van der Waals surface area contributed by atoms with E-state index in [9.17, 15) is 4.79 Å². The molecule has 0 aromatic heterocycles. The lowest BCUT2D eigenvalue weighted by atomic mass is 10.2. The molecule has 76 valence electrons. The highest BCUT2D eigenvalue weighted by Crippen LogP contribution is 1.97. The first-order valence-electron chi connectivity index (χ1n) is 5.09. The molecule has 0 atom stereocenters. The summed E-state index contributed by atoms with van der Waals surface area (Å²) in [5, 5.41) is 2.86. The number of unbranched alkanes of at least 4 members (excludes halogenated alkanes) is 3. The molecule has 0 saturated heterocycles. The highest BCUT2D eigenvalue weighted by molar-refractivity contribution is 5.87. The van der Waals surface area contributed by atoms with E-state index in [2.05, 4.69) is 12.2 Å². The van der Waals surface area contributed by atoms with E-state index in [0.717, 1.165) is 18.5 Å². The Morgan fingerprint density at radius 2 is 1.92 bits per heavy atom. The van der Waals surface area contributed by atoms with Gasteiger partial charge in [-0.2, -0.15) is 0 Å². The quantitative estimate of drug-likeness (QED) is 0.498. The molecule has 0 radical (unpaired) electrons. The molecule has 0 heterocycles. The van der Waals surface area contributed by atoms with Crippen molar-refractivity contribution in [2.45, 2.75) is 46.5 Å². The highest BCUT2D eigenvalue weighted by atomic mass is 16.1. The summed E-state index contributed by atoms with van der Waals surface area (Å²) in [4.78, 5) is 11.1. The monoisotopic (exact) mass is 183 g/mol. The summed E-state index contributed by atoms with van der Waals surface area (Å²) in [7, 11) is 0. The molecule has 0 aliphatic heterocycles. The third-order valence-corrected chi connectivity index (χ3v) is 1.75. The largest absolute Gasteiger partial charge is 0.353 e. The number of hydrogen-bond acceptors (Lipinski definition) is 1. The zero-order valence-electron chi connectivity index (χ0n) is 9.02. The van der Waals surface area contributed by atoms with Gasteiger partial charge < -0.3 is 5.32 Å². The summed E-state index contributed by atoms with van der Waals surface area (Å²) in [6.45, 7) is 6.84. The standard InChI is InChI=1S/C11H21NO/c1-4-5-6-7-8-12-11(13)9-10(2)3/h9H,4-8H2,1-3H3,(H,12,13). The van der Waals surface area contributed by atoms with Crippen LogP contribution in [0, 0.1) is 0 Å². The van der Waals surface area contributed by atoms with Crippen LogP contribution in [0.3, 0.4) is 0 Å². The number of hydrogen-bond donors (Lipinski definition) is 1. The number of allylic oxidation sites excluding steroid dienone is 1. The first-order valence-corrected chi connectivity index (χ1v) is 5.09. The minimum Gasteiger partial charge on any atom is -0.353 e. The van der Waals surface area contributed by atoms with Crippen LogP contribution < -0.4 is 5.32 Å². The van der Waals surface area contributed by atoms with Gasteiger partial charge in [0.15, 0.2) is 0 Å². The Morgan fingerprint density at radius 1 is 1.23 bits per heavy atom. The molecule has 0 aliphatic carbocycles. The first-order chi connectivity index (χ1) is 6.16. The van der Waals surface area contributed by atoms with Crippen LogP contribution in [0.1, 0.15) is 46.5 Å². The van der Waals surface area contributed by atoms with Crippen LogP contribution >= 0.6 is 0 Å². The van der Waals surface area contributed by atoms with Crippen LogP contribution in [0.4, 0.5) is 0 Å². The maximum atomic E-state index is 11.1. The minimum absolute atomic E-state index is 0.0384. The molecule has 0 aromatic rings. The van der Waals surface area contributed by atoms with E-state index in [1.165, 1.54) is 19.3 Å². The maximum Gasteiger partial charge on any atom is 0.243 e. The van der Waals surface area contributed by atoms with Gasteiger partial charge in [-0.05, 0) is 20.3 Å². The summed E-state index contributed by atoms with van der Waals surface area (Å²) in [5.41, 5.74) is 1.05. The zero-order valence-corrected chi connectivity index (χ0v) is 9.02. The van der Waals surface area contributed by atoms with Crippen LogP contribution in [0.15, 0.2) is 11.6 Å². The van der Waals surface area contributed by atoms with E-state index >= 15 is 0 Å². The van der Waals surface area contributed by atoms with Crippen molar-refractivity contribution in [3.05, 3.63) is 11.6 Å². The molecule has 2 heteroatoms. The van der Waals surface area contributed by atoms with Crippen molar-refractivity contribution in [1.29, 1.82) is 0 Å². The topological polar surface area (TPSA) is 29.1 Å². The third kappa shape index (κ3) is 9.12. The molecular weight excluding hydrogens is 162 g/mol. The molecule has 2 nitrogen and oxygen atoms in total. The van der Waals surface area contributed by atoms with Crippen molar-refractivity contribution >= 4 is 5.91 Å². The normalized spacial score (nSPS) is 9.46. The van der Waals surface area contributed by atoms with Crippen LogP contribution in [-0.4, -0.2) is 12.5 Å². The predicted octanol–water partition coefficient (Wildman–Crippen LogP) is 2.65. The number of carbonyl (C=O) groups is 1. The molecule has 0 aliphatic rings. The molecule has 0 spiro atoms. The Morgan fingerprint density at radius 3 is 2.46 bits per heavy atom. The van der Waals surface area contributed by atoms with Crippen molar-refractivity contribution in [1.82, 2.24) is 5.32 Å². The van der Waals surface area contributed by atoms with Crippen molar-refractivity contribution < 1.29 is 4.79 Å². The van der Waals surface area contributed by atoms with Crippen molar-refractivity contribution in [3.63, 3.8) is 0 Å². The number of carbonyl (C=O) groups excluding carboxylic acids is 1. The summed E-state index contributed by atoms with van der Waals surface area (Å²) in [5.74, 6) is 0.0384. The van der Waals surface area contributed by atoms with Gasteiger partial charge in [0.05, 0.1) is 0 Å². The predicted molar refractivity (Wildman–Crippen MR) is 56.6 cm³/mol. The van der Waals surface area contributed by atoms with E-state index < -0.39 is 0 Å². The molecule has 0 rings (SSSR count). The third-order valence-electron chi connectivity index (χ3n) is 1.75. The second-order valence-electron chi connectivity index (χ2n) is 3.57. The lowest BCUT2D eigenvalue weighted by Crippen LogP contribution is -2.22. The van der Waals surface area contributed by atoms with Gasteiger partial charge in [0, 0.05) is 12.6 Å². The summed E-state index contributed by atoms with van der Waals surface area (Å²) in [6, 6.07) is 0. The number of nitrogens with one attached hydrogen (secondary N) is 1. The van der Waals surface area contributed by atoms with Gasteiger partial charge in [-0.3, -0.25) is 4.79 Å². The number of rotatable bonds is 6. The van der Waals surface area contributed by atoms with Crippen LogP contribution in [0.25, 0.3) is 0 Å². The van der Waals surface area contributed by atoms with E-state index in [1.807, 2.05) is 13.8 Å². The summed E-state index contributed by atoms with van der Waals surface area (Å²) >= 11 is 0. The van der Waals surface area contributed by atoms with Gasteiger partial charge in [0.25, 0.3) is 0 Å². The Hall–Kier alpha value is -0.790. The molecule has 1 N–H and O–H groups in total. The average Bonchev–Trinajstić information content (AvgIpc) is 2.02. The minimum atomic E-state index is 0.0384. The fourth-order valence-electron chi connectivity index (χ4n) is 1.08. The molecule has 0 fully saturated rings. The fourth-order valence-corrected chi connectivity index (χ4v) is 1.08. The van der Waals surface area contributed by atoms with Crippen LogP contribution in [-0.2, 0) is 4.79 Å². The van der Waals surface area contributed by atoms with Crippen molar-refractivity contribution in [3.8, 4) is 0 Å². The molecule has 0 unspecified atom stereocenters. The number of amides is 1. The van der Waals surface area contributed by atoms with Crippen LogP contribution in [0.5, 0.6) is 0 Å². The molecule has 13 heavy (non-hydrogen) atoms. The Balaban J connectivity index is 3.33. The Kier molecular flexibility index (Phi) is 7.36. The fraction of sp³-hybridized carbons (Fsp3) is 0.727. The second-order valence-corrected chi connectivity index (χ2v) is 3.57.